The third kappa shape index (κ3) is 41.0. The fraction of sp³-hybridized carbons (Fsp3) is 0.297. The number of aliphatic hydroxyl groups is 1. The van der Waals surface area contributed by atoms with Gasteiger partial charge in [0.05, 0.1) is 74.6 Å². The summed E-state index contributed by atoms with van der Waals surface area (Å²) in [6.07, 6.45) is 0.413. The summed E-state index contributed by atoms with van der Waals surface area (Å²) < 4.78 is 83.3. The SMILES string of the molecule is C.C=C(Br)Br.C=C(Br)Br.CCOC(=O)c1ccc(O)c(O)c1.CCOC(=O)c1ccc(O)c(O)c1.CCOC(=O)c1ccc2c(c1)OCCO2.CCOC(=O)c1ccc2c(c1)OCCO2.ClCc1ccc2c(c1)OCCO2.N#CCc1ccc2c(c1)OCCO2.O=S(Cl)Cl.OCc1ccc2c(c1)OCCO2.[C-]#N.[Na+]. The molecule has 12 rings (SSSR count). The summed E-state index contributed by atoms with van der Waals surface area (Å²) in [7, 11) is 7.36. The van der Waals surface area contributed by atoms with Crippen LogP contribution in [-0.2, 0) is 47.1 Å². The zero-order chi connectivity index (χ0) is 79.6. The van der Waals surface area contributed by atoms with E-state index < -0.39 is 21.2 Å². The number of nitrogens with zero attached hydrogens (tertiary/aromatic N) is 2. The van der Waals surface area contributed by atoms with Crippen LogP contribution in [-0.4, -0.2) is 146 Å². The molecule has 109 heavy (non-hydrogen) atoms. The van der Waals surface area contributed by atoms with E-state index in [0.29, 0.717) is 126 Å². The molecule has 5 aliphatic rings. The number of rotatable bonds is 11. The number of hydrogen-bond donors (Lipinski definition) is 5. The number of halogens is 7. The number of carbonyl (C=O) groups excluding carboxylic acids is 4. The first kappa shape index (κ1) is 101. The molecule has 0 fully saturated rings. The van der Waals surface area contributed by atoms with E-state index in [2.05, 4.69) is 104 Å². The third-order valence-electron chi connectivity index (χ3n) is 12.5. The van der Waals surface area contributed by atoms with Crippen LogP contribution in [0.3, 0.4) is 0 Å². The Kier molecular flexibility index (Phi) is 54.5. The molecule has 0 amide bonds. The number of nitriles is 1. The first-order valence-electron chi connectivity index (χ1n) is 31.5. The number of ether oxygens (including phenoxy) is 14. The number of aromatic hydroxyl groups is 4. The zero-order valence-electron chi connectivity index (χ0n) is 59.0. The molecule has 586 valence electrons. The average Bonchev–Trinajstić information content (AvgIpc) is 0.801. The van der Waals surface area contributed by atoms with Crippen molar-refractivity contribution in [2.75, 3.05) is 92.5 Å². The van der Waals surface area contributed by atoms with E-state index >= 15 is 0 Å². The molecule has 0 saturated carbocycles. The molecule has 0 spiro atoms. The van der Waals surface area contributed by atoms with Crippen molar-refractivity contribution in [3.05, 3.63) is 193 Å². The number of esters is 4. The summed E-state index contributed by atoms with van der Waals surface area (Å²) in [5.41, 5.74) is 4.28. The van der Waals surface area contributed by atoms with E-state index in [1.54, 1.807) is 70.2 Å². The Morgan fingerprint density at radius 3 is 0.908 bits per heavy atom. The van der Waals surface area contributed by atoms with Crippen LogP contribution in [0.5, 0.6) is 80.5 Å². The number of aliphatic hydroxyl groups excluding tert-OH is 1. The van der Waals surface area contributed by atoms with E-state index in [0.717, 1.165) is 70.1 Å². The monoisotopic (exact) mass is 1860 g/mol. The maximum Gasteiger partial charge on any atom is 1.00 e. The predicted octanol–water partition coefficient (Wildman–Crippen LogP) is 13.8. The summed E-state index contributed by atoms with van der Waals surface area (Å²) in [5, 5.41) is 59.6. The Hall–Kier alpha value is -8.02. The summed E-state index contributed by atoms with van der Waals surface area (Å²) in [4.78, 5) is 45.0. The van der Waals surface area contributed by atoms with Crippen molar-refractivity contribution in [3.8, 4) is 86.6 Å². The molecule has 35 heteroatoms. The van der Waals surface area contributed by atoms with E-state index in [1.807, 2.05) is 48.5 Å². The number of alkyl halides is 1. The first-order chi connectivity index (χ1) is 51.3. The molecule has 0 atom stereocenters. The van der Waals surface area contributed by atoms with Crippen LogP contribution in [0.15, 0.2) is 147 Å². The normalized spacial score (nSPS) is 11.6. The van der Waals surface area contributed by atoms with Gasteiger partial charge in [-0.25, -0.2) is 23.4 Å². The summed E-state index contributed by atoms with van der Waals surface area (Å²) in [6.45, 7) is 25.5. The minimum atomic E-state index is -1.67. The predicted molar refractivity (Wildman–Crippen MR) is 421 cm³/mol. The van der Waals surface area contributed by atoms with Gasteiger partial charge in [-0.2, -0.15) is 5.26 Å². The van der Waals surface area contributed by atoms with E-state index in [1.165, 1.54) is 24.3 Å². The second kappa shape index (κ2) is 58.9. The molecule has 0 aromatic heterocycles. The van der Waals surface area contributed by atoms with Gasteiger partial charge in [0.1, 0.15) is 66.1 Å². The zero-order valence-corrected chi connectivity index (χ0v) is 70.4. The average molecular weight is 1860 g/mol. The van der Waals surface area contributed by atoms with Crippen molar-refractivity contribution in [1.29, 1.82) is 10.5 Å². The van der Waals surface area contributed by atoms with Crippen molar-refractivity contribution in [3.63, 3.8) is 0 Å². The molecule has 0 radical (unpaired) electrons. The van der Waals surface area contributed by atoms with Crippen LogP contribution < -0.4 is 76.9 Å². The smallest absolute Gasteiger partial charge is 0.512 e. The number of hydrogen-bond acceptors (Lipinski definition) is 26. The molecular formula is C74H80Br4Cl3N2NaO24S. The van der Waals surface area contributed by atoms with E-state index in [-0.39, 0.29) is 103 Å². The topological polar surface area (TPSA) is 363 Å². The standard InChI is InChI=1S/2C11H12O4.C10H9NO2.C9H9ClO2.2C9H10O4.C9H10O3.2C2H2Br2.CN.CH4.Cl2OS.Na/c2*1-2-13-11(12)8-3-4-9-10(7-8)15-6-5-14-9;11-4-3-8-1-2-9-10(7-8)13-6-5-12-9;10-6-7-1-2-8-9(5-7)12-4-3-11-8;2*1-2-13-9(12)6-3-4-7(10)8(11)5-6;10-6-7-1-2-8-9(5-7)12-4-3-11-8;2*1-2(3)4;1-2;;1-4(2)3;/h2*3-4,7H,2,5-6H2,1H3;1-2,7H,3,5-6H2;1-2,5H,3-4,6H2;2*3-5,10-11H,2H2,1H3;1-2,5,10H,3-4,6H2;2*1H2;;1H4;;/q;;;;;;;;;-1;;;+1. The van der Waals surface area contributed by atoms with Crippen molar-refractivity contribution < 1.29 is 145 Å². The van der Waals surface area contributed by atoms with Crippen molar-refractivity contribution >= 4 is 130 Å². The minimum Gasteiger partial charge on any atom is -0.512 e. The van der Waals surface area contributed by atoms with Crippen LogP contribution in [0.2, 0.25) is 0 Å². The van der Waals surface area contributed by atoms with Crippen molar-refractivity contribution in [2.45, 2.75) is 54.0 Å². The molecule has 5 N–H and O–H groups in total. The minimum absolute atomic E-state index is 0. The van der Waals surface area contributed by atoms with E-state index in [9.17, 15) is 19.2 Å². The largest absolute Gasteiger partial charge is 1.00 e. The van der Waals surface area contributed by atoms with Gasteiger partial charge in [0.2, 0.25) is 9.23 Å². The molecule has 0 saturated heterocycles. The Morgan fingerprint density at radius 2 is 0.651 bits per heavy atom. The maximum absolute atomic E-state index is 11.4. The van der Waals surface area contributed by atoms with Crippen LogP contribution in [0, 0.1) is 23.2 Å². The summed E-state index contributed by atoms with van der Waals surface area (Å²) in [5.74, 6) is 4.82. The summed E-state index contributed by atoms with van der Waals surface area (Å²) >= 11 is 17.6. The van der Waals surface area contributed by atoms with Crippen molar-refractivity contribution in [1.82, 2.24) is 0 Å². The molecule has 7 aromatic rings. The van der Waals surface area contributed by atoms with Crippen molar-refractivity contribution in [2.24, 2.45) is 0 Å². The van der Waals surface area contributed by atoms with Gasteiger partial charge in [0.15, 0.2) is 80.5 Å². The Bertz CT molecular complexity index is 3830. The Balaban J connectivity index is 0.00000121. The van der Waals surface area contributed by atoms with Gasteiger partial charge >= 0.3 is 53.4 Å². The van der Waals surface area contributed by atoms with Gasteiger partial charge < -0.3 is 104 Å². The number of carbonyl (C=O) groups is 4. The van der Waals surface area contributed by atoms with E-state index in [4.69, 9.17) is 125 Å². The van der Waals surface area contributed by atoms with Gasteiger partial charge in [-0.1, -0.05) is 38.8 Å². The van der Waals surface area contributed by atoms with Crippen LogP contribution >= 0.6 is 96.7 Å². The van der Waals surface area contributed by atoms with Gasteiger partial charge in [-0.05, 0) is 217 Å². The van der Waals surface area contributed by atoms with Crippen LogP contribution in [0.25, 0.3) is 0 Å². The molecule has 26 nitrogen and oxygen atoms in total. The number of fused-ring (bicyclic) bond motifs is 5. The maximum atomic E-state index is 11.4. The fourth-order valence-corrected chi connectivity index (χ4v) is 8.31. The van der Waals surface area contributed by atoms with Gasteiger partial charge in [0, 0.05) is 27.2 Å². The number of benzene rings is 7. The van der Waals surface area contributed by atoms with Gasteiger partial charge in [-0.15, -0.1) is 11.6 Å². The first-order valence-corrected chi connectivity index (χ1v) is 38.0. The second-order valence-corrected chi connectivity index (χ2v) is 28.7. The second-order valence-electron chi connectivity index (χ2n) is 19.9. The number of phenolic OH excluding ortho intramolecular Hbond substituents is 4. The molecular weight excluding hydrogens is 1780 g/mol. The summed E-state index contributed by atoms with van der Waals surface area (Å²) in [6, 6.07) is 36.5. The Morgan fingerprint density at radius 1 is 0.431 bits per heavy atom. The van der Waals surface area contributed by atoms with Gasteiger partial charge in [0.25, 0.3) is 0 Å². The molecule has 5 heterocycles. The van der Waals surface area contributed by atoms with Crippen LogP contribution in [0.4, 0.5) is 0 Å². The Labute approximate surface area is 704 Å². The molecule has 7 aromatic carbocycles. The molecule has 0 bridgehead atoms. The fourth-order valence-electron chi connectivity index (χ4n) is 8.15. The third-order valence-corrected chi connectivity index (χ3v) is 12.8. The number of phenols is 4. The van der Waals surface area contributed by atoms with Crippen LogP contribution in [0.1, 0.15) is 93.2 Å². The van der Waals surface area contributed by atoms with Gasteiger partial charge in [-0.3, -0.25) is 0 Å². The molecule has 0 unspecified atom stereocenters. The molecule has 5 aliphatic heterocycles. The molecule has 0 aliphatic carbocycles. The quantitative estimate of drug-likeness (QED) is 0.0153.